The van der Waals surface area contributed by atoms with Gasteiger partial charge in [-0.3, -0.25) is 25.0 Å². The lowest BCUT2D eigenvalue weighted by atomic mass is 10.1. The van der Waals surface area contributed by atoms with Crippen LogP contribution in [-0.2, 0) is 9.53 Å². The first kappa shape index (κ1) is 17.0. The fourth-order valence-electron chi connectivity index (χ4n) is 2.12. The monoisotopic (exact) mass is 345 g/mol. The van der Waals surface area contributed by atoms with Crippen molar-refractivity contribution in [3.05, 3.63) is 43.5 Å². The zero-order valence-corrected chi connectivity index (χ0v) is 12.4. The summed E-state index contributed by atoms with van der Waals surface area (Å²) >= 11 is 5.67. The number of methoxy groups -OCH3 is 1. The molecular weight excluding hydrogens is 334 g/mol. The van der Waals surface area contributed by atoms with Crippen molar-refractivity contribution in [1.29, 1.82) is 0 Å². The molecule has 3 N–H and O–H groups in total. The Hall–Kier alpha value is -2.34. The van der Waals surface area contributed by atoms with E-state index in [0.717, 1.165) is 6.07 Å². The van der Waals surface area contributed by atoms with E-state index in [1.165, 1.54) is 19.2 Å². The smallest absolute Gasteiger partial charge is 0.289 e. The van der Waals surface area contributed by atoms with Gasteiger partial charge in [-0.1, -0.05) is 11.6 Å². The molecule has 1 fully saturated rings. The molecule has 3 unspecified atom stereocenters. The predicted molar refractivity (Wildman–Crippen MR) is 78.4 cm³/mol. The van der Waals surface area contributed by atoms with Crippen LogP contribution < -0.4 is 16.2 Å². The molecule has 2 rings (SSSR count). The fraction of sp³-hybridized carbons (Fsp3) is 0.364. The van der Waals surface area contributed by atoms with E-state index in [1.54, 1.807) is 0 Å². The third-order valence-corrected chi connectivity index (χ3v) is 3.54. The lowest BCUT2D eigenvalue weighted by Crippen LogP contribution is -2.47. The normalized spacial score (nSPS) is 23.5. The van der Waals surface area contributed by atoms with Crippen molar-refractivity contribution in [3.63, 3.8) is 0 Å². The molecule has 3 atom stereocenters. The van der Waals surface area contributed by atoms with Gasteiger partial charge in [-0.25, -0.2) is 10.9 Å². The number of hydrogen-bond donors (Lipinski definition) is 3. The SMILES string of the molecule is COC1NNC(C(=O)Nc2ccc(Cl)c([N+](=O)[O-])c2)C1[N+](=O)[O-]. The zero-order chi connectivity index (χ0) is 17.1. The molecule has 0 spiro atoms. The van der Waals surface area contributed by atoms with Gasteiger partial charge >= 0.3 is 0 Å². The zero-order valence-electron chi connectivity index (χ0n) is 11.7. The molecule has 1 aromatic carbocycles. The van der Waals surface area contributed by atoms with Crippen molar-refractivity contribution in [1.82, 2.24) is 10.9 Å². The minimum Gasteiger partial charge on any atom is -0.358 e. The average molecular weight is 346 g/mol. The Morgan fingerprint density at radius 1 is 1.35 bits per heavy atom. The average Bonchev–Trinajstić information content (AvgIpc) is 2.93. The van der Waals surface area contributed by atoms with Crippen LogP contribution in [0, 0.1) is 20.2 Å². The van der Waals surface area contributed by atoms with E-state index in [4.69, 9.17) is 16.3 Å². The number of halogens is 1. The largest absolute Gasteiger partial charge is 0.358 e. The van der Waals surface area contributed by atoms with E-state index >= 15 is 0 Å². The molecule has 0 bridgehead atoms. The highest BCUT2D eigenvalue weighted by molar-refractivity contribution is 6.32. The van der Waals surface area contributed by atoms with E-state index in [9.17, 15) is 25.0 Å². The van der Waals surface area contributed by atoms with E-state index in [2.05, 4.69) is 16.2 Å². The minimum absolute atomic E-state index is 0.0868. The van der Waals surface area contributed by atoms with E-state index in [0.29, 0.717) is 0 Å². The maximum absolute atomic E-state index is 12.2. The first-order valence-electron chi connectivity index (χ1n) is 6.27. The number of carbonyl (C=O) groups excluding carboxylic acids is 1. The van der Waals surface area contributed by atoms with Crippen LogP contribution in [0.3, 0.4) is 0 Å². The second-order valence-corrected chi connectivity index (χ2v) is 5.02. The Bertz CT molecular complexity index is 656. The van der Waals surface area contributed by atoms with Crippen molar-refractivity contribution >= 4 is 28.9 Å². The van der Waals surface area contributed by atoms with E-state index in [-0.39, 0.29) is 16.4 Å². The summed E-state index contributed by atoms with van der Waals surface area (Å²) in [6, 6.07) is 1.09. The number of amides is 1. The molecule has 12 heteroatoms. The lowest BCUT2D eigenvalue weighted by molar-refractivity contribution is -0.532. The van der Waals surface area contributed by atoms with Crippen LogP contribution >= 0.6 is 11.6 Å². The first-order chi connectivity index (χ1) is 10.8. The summed E-state index contributed by atoms with van der Waals surface area (Å²) in [5.41, 5.74) is 4.67. The van der Waals surface area contributed by atoms with Gasteiger partial charge < -0.3 is 10.1 Å². The standard InChI is InChI=1S/C11H12ClN5O6/c1-23-11-9(17(21)22)8(14-15-11)10(18)13-5-2-3-6(12)7(4-5)16(19)20/h2-4,8-9,11,14-15H,1H3,(H,13,18). The summed E-state index contributed by atoms with van der Waals surface area (Å²) in [5.74, 6) is -0.740. The van der Waals surface area contributed by atoms with Crippen molar-refractivity contribution in [2.45, 2.75) is 18.3 Å². The molecular formula is C11H12ClN5O6. The highest BCUT2D eigenvalue weighted by atomic mass is 35.5. The van der Waals surface area contributed by atoms with Gasteiger partial charge in [0.15, 0.2) is 12.3 Å². The number of anilines is 1. The third kappa shape index (κ3) is 3.53. The number of carbonyl (C=O) groups is 1. The number of nitro groups is 2. The molecule has 0 saturated carbocycles. The molecule has 11 nitrogen and oxygen atoms in total. The molecule has 0 radical (unpaired) electrons. The van der Waals surface area contributed by atoms with Gasteiger partial charge in [0.1, 0.15) is 5.02 Å². The molecule has 1 heterocycles. The topological polar surface area (TPSA) is 149 Å². The Balaban J connectivity index is 2.17. The molecule has 1 aromatic rings. The highest BCUT2D eigenvalue weighted by Crippen LogP contribution is 2.27. The maximum Gasteiger partial charge on any atom is 0.289 e. The van der Waals surface area contributed by atoms with Crippen LogP contribution in [0.4, 0.5) is 11.4 Å². The van der Waals surface area contributed by atoms with Crippen molar-refractivity contribution in [2.24, 2.45) is 0 Å². The lowest BCUT2D eigenvalue weighted by Gasteiger charge is -2.14. The summed E-state index contributed by atoms with van der Waals surface area (Å²) in [5, 5.41) is 24.2. The van der Waals surface area contributed by atoms with E-state index < -0.39 is 34.1 Å². The van der Waals surface area contributed by atoms with Crippen LogP contribution in [0.5, 0.6) is 0 Å². The number of hydrogen-bond acceptors (Lipinski definition) is 8. The summed E-state index contributed by atoms with van der Waals surface area (Å²) in [7, 11) is 1.26. The minimum atomic E-state index is -1.36. The van der Waals surface area contributed by atoms with Gasteiger partial charge in [-0.2, -0.15) is 0 Å². The highest BCUT2D eigenvalue weighted by Gasteiger charge is 2.49. The Kier molecular flexibility index (Phi) is 5.05. The van der Waals surface area contributed by atoms with Crippen LogP contribution in [0.2, 0.25) is 5.02 Å². The Morgan fingerprint density at radius 2 is 2.04 bits per heavy atom. The quantitative estimate of drug-likeness (QED) is 0.509. The number of benzene rings is 1. The Morgan fingerprint density at radius 3 is 2.61 bits per heavy atom. The fourth-order valence-corrected chi connectivity index (χ4v) is 2.31. The molecule has 0 aromatic heterocycles. The summed E-state index contributed by atoms with van der Waals surface area (Å²) in [6.07, 6.45) is -0.986. The van der Waals surface area contributed by atoms with Gasteiger partial charge in [0.05, 0.1) is 4.92 Å². The van der Waals surface area contributed by atoms with E-state index in [1.807, 2.05) is 0 Å². The van der Waals surface area contributed by atoms with Crippen LogP contribution in [-0.4, -0.2) is 41.2 Å². The molecule has 1 aliphatic rings. The molecule has 1 aliphatic heterocycles. The van der Waals surface area contributed by atoms with Crippen LogP contribution in [0.15, 0.2) is 18.2 Å². The second-order valence-electron chi connectivity index (χ2n) is 4.61. The molecule has 124 valence electrons. The number of ether oxygens (including phenoxy) is 1. The van der Waals surface area contributed by atoms with Crippen molar-refractivity contribution in [3.8, 4) is 0 Å². The Labute approximate surface area is 134 Å². The van der Waals surface area contributed by atoms with Gasteiger partial charge in [-0.05, 0) is 12.1 Å². The molecule has 0 aliphatic carbocycles. The van der Waals surface area contributed by atoms with Gasteiger partial charge in [-0.15, -0.1) is 0 Å². The second kappa shape index (κ2) is 6.83. The number of rotatable bonds is 5. The van der Waals surface area contributed by atoms with Crippen molar-refractivity contribution < 1.29 is 19.4 Å². The first-order valence-corrected chi connectivity index (χ1v) is 6.65. The van der Waals surface area contributed by atoms with Crippen molar-refractivity contribution in [2.75, 3.05) is 12.4 Å². The summed E-state index contributed by atoms with van der Waals surface area (Å²) in [4.78, 5) is 32.7. The number of nitrogens with zero attached hydrogens (tertiary/aromatic N) is 2. The summed E-state index contributed by atoms with van der Waals surface area (Å²) < 4.78 is 4.88. The third-order valence-electron chi connectivity index (χ3n) is 3.22. The van der Waals surface area contributed by atoms with Gasteiger partial charge in [0.2, 0.25) is 5.91 Å². The van der Waals surface area contributed by atoms with Crippen LogP contribution in [0.25, 0.3) is 0 Å². The van der Waals surface area contributed by atoms with Gasteiger partial charge in [0.25, 0.3) is 11.7 Å². The molecule has 1 amide bonds. The molecule has 23 heavy (non-hydrogen) atoms. The predicted octanol–water partition coefficient (Wildman–Crippen LogP) is 0.281. The molecule has 1 saturated heterocycles. The van der Waals surface area contributed by atoms with Gasteiger partial charge in [0, 0.05) is 23.8 Å². The summed E-state index contributed by atoms with van der Waals surface area (Å²) in [6.45, 7) is 0. The number of hydrazine groups is 1. The maximum atomic E-state index is 12.2. The van der Waals surface area contributed by atoms with Crippen LogP contribution in [0.1, 0.15) is 0 Å². The number of nitro benzene ring substituents is 1. The number of nitrogens with one attached hydrogen (secondary N) is 3.